The predicted octanol–water partition coefficient (Wildman–Crippen LogP) is 5.05. The van der Waals surface area contributed by atoms with Crippen molar-refractivity contribution in [3.8, 4) is 11.1 Å². The Balaban J connectivity index is 2.55. The quantitative estimate of drug-likeness (QED) is 0.556. The average Bonchev–Trinajstić information content (AvgIpc) is 2.52. The number of carbonyl (C=O) groups is 1. The monoisotopic (exact) mass is 372 g/mol. The van der Waals surface area contributed by atoms with E-state index in [4.69, 9.17) is 4.74 Å². The van der Waals surface area contributed by atoms with E-state index in [-0.39, 0.29) is 0 Å². The van der Waals surface area contributed by atoms with Crippen LogP contribution >= 0.6 is 15.9 Å². The van der Waals surface area contributed by atoms with Crippen LogP contribution in [0.1, 0.15) is 21.5 Å². The fraction of sp³-hybridized carbons (Fsp3) is 0.188. The highest BCUT2D eigenvalue weighted by atomic mass is 79.9. The van der Waals surface area contributed by atoms with Gasteiger partial charge in [-0.1, -0.05) is 46.3 Å². The maximum absolute atomic E-state index is 12.6. The van der Waals surface area contributed by atoms with Gasteiger partial charge in [0.1, 0.15) is 0 Å². The molecule has 2 rings (SSSR count). The number of halogens is 4. The van der Waals surface area contributed by atoms with Crippen LogP contribution in [-0.4, -0.2) is 13.1 Å². The van der Waals surface area contributed by atoms with Crippen LogP contribution in [-0.2, 0) is 16.2 Å². The molecule has 2 aromatic rings. The molecule has 0 aliphatic rings. The molecule has 0 saturated heterocycles. The Morgan fingerprint density at radius 1 is 1.14 bits per heavy atom. The number of benzene rings is 2. The second-order valence-electron chi connectivity index (χ2n) is 4.54. The Bertz CT molecular complexity index is 679. The molecule has 0 aliphatic carbocycles. The van der Waals surface area contributed by atoms with E-state index in [1.165, 1.54) is 19.2 Å². The summed E-state index contributed by atoms with van der Waals surface area (Å²) < 4.78 is 42.6. The van der Waals surface area contributed by atoms with Crippen LogP contribution in [0.15, 0.2) is 42.5 Å². The van der Waals surface area contributed by atoms with Crippen molar-refractivity contribution in [2.45, 2.75) is 11.5 Å². The van der Waals surface area contributed by atoms with Crippen LogP contribution in [0.2, 0.25) is 0 Å². The molecule has 0 aromatic heterocycles. The smallest absolute Gasteiger partial charge is 0.416 e. The Morgan fingerprint density at radius 2 is 1.77 bits per heavy atom. The highest BCUT2D eigenvalue weighted by molar-refractivity contribution is 9.08. The highest BCUT2D eigenvalue weighted by Crippen LogP contribution is 2.33. The minimum Gasteiger partial charge on any atom is -0.465 e. The predicted molar refractivity (Wildman–Crippen MR) is 80.9 cm³/mol. The zero-order valence-corrected chi connectivity index (χ0v) is 13.2. The maximum atomic E-state index is 12.6. The van der Waals surface area contributed by atoms with E-state index < -0.39 is 17.7 Å². The largest absolute Gasteiger partial charge is 0.465 e. The lowest BCUT2D eigenvalue weighted by Gasteiger charge is -2.13. The van der Waals surface area contributed by atoms with Crippen molar-refractivity contribution in [3.63, 3.8) is 0 Å². The van der Waals surface area contributed by atoms with Crippen LogP contribution < -0.4 is 0 Å². The summed E-state index contributed by atoms with van der Waals surface area (Å²) in [6, 6.07) is 9.88. The van der Waals surface area contributed by atoms with E-state index in [1.54, 1.807) is 18.2 Å². The van der Waals surface area contributed by atoms with Crippen LogP contribution in [0.25, 0.3) is 11.1 Å². The molecule has 22 heavy (non-hydrogen) atoms. The van der Waals surface area contributed by atoms with Gasteiger partial charge in [0.15, 0.2) is 0 Å². The van der Waals surface area contributed by atoms with E-state index in [9.17, 15) is 18.0 Å². The number of ether oxygens (including phenoxy) is 1. The van der Waals surface area contributed by atoms with Crippen molar-refractivity contribution in [2.24, 2.45) is 0 Å². The van der Waals surface area contributed by atoms with E-state index in [2.05, 4.69) is 15.9 Å². The Morgan fingerprint density at radius 3 is 2.27 bits per heavy atom. The minimum absolute atomic E-state index is 0.349. The second kappa shape index (κ2) is 6.52. The van der Waals surface area contributed by atoms with Crippen LogP contribution in [0.3, 0.4) is 0 Å². The lowest BCUT2D eigenvalue weighted by atomic mass is 9.95. The standard InChI is InChI=1S/C16H12BrF3O2/c1-22-15(21)14-11(9-17)3-2-4-13(14)10-5-7-12(8-6-10)16(18,19)20/h2-8H,9H2,1H3. The van der Waals surface area contributed by atoms with Gasteiger partial charge in [0.2, 0.25) is 0 Å². The summed E-state index contributed by atoms with van der Waals surface area (Å²) in [5, 5.41) is 0.436. The number of rotatable bonds is 3. The highest BCUT2D eigenvalue weighted by Gasteiger charge is 2.30. The Hall–Kier alpha value is -1.82. The molecule has 2 aromatic carbocycles. The number of esters is 1. The summed E-state index contributed by atoms with van der Waals surface area (Å²) in [5.41, 5.74) is 1.40. The van der Waals surface area contributed by atoms with E-state index in [0.717, 1.165) is 12.1 Å². The SMILES string of the molecule is COC(=O)c1c(CBr)cccc1-c1ccc(C(F)(F)F)cc1. The fourth-order valence-electron chi connectivity index (χ4n) is 2.13. The third-order valence-electron chi connectivity index (χ3n) is 3.21. The first-order valence-corrected chi connectivity index (χ1v) is 7.44. The summed E-state index contributed by atoms with van der Waals surface area (Å²) in [7, 11) is 1.27. The van der Waals surface area contributed by atoms with Crippen LogP contribution in [0, 0.1) is 0 Å². The number of alkyl halides is 4. The minimum atomic E-state index is -4.39. The summed E-state index contributed by atoms with van der Waals surface area (Å²) in [4.78, 5) is 12.0. The lowest BCUT2D eigenvalue weighted by molar-refractivity contribution is -0.137. The van der Waals surface area contributed by atoms with Gasteiger partial charge >= 0.3 is 12.1 Å². The number of carbonyl (C=O) groups excluding carboxylic acids is 1. The van der Waals surface area contributed by atoms with Crippen molar-refractivity contribution in [3.05, 3.63) is 59.2 Å². The number of methoxy groups -OCH3 is 1. The molecule has 0 aliphatic heterocycles. The molecule has 0 bridgehead atoms. The molecule has 0 saturated carbocycles. The second-order valence-corrected chi connectivity index (χ2v) is 5.10. The third-order valence-corrected chi connectivity index (χ3v) is 3.81. The lowest BCUT2D eigenvalue weighted by Crippen LogP contribution is -2.08. The third kappa shape index (κ3) is 3.32. The molecule has 0 N–H and O–H groups in total. The molecule has 2 nitrogen and oxygen atoms in total. The Kier molecular flexibility index (Phi) is 4.90. The Labute approximate surface area is 134 Å². The van der Waals surface area contributed by atoms with Gasteiger partial charge in [-0.05, 0) is 28.8 Å². The summed E-state index contributed by atoms with van der Waals surface area (Å²) in [5.74, 6) is -0.523. The molecule has 0 amide bonds. The van der Waals surface area contributed by atoms with Crippen molar-refractivity contribution in [1.29, 1.82) is 0 Å². The molecule has 0 fully saturated rings. The van der Waals surface area contributed by atoms with Gasteiger partial charge in [-0.15, -0.1) is 0 Å². The van der Waals surface area contributed by atoms with E-state index in [0.29, 0.717) is 27.6 Å². The first-order chi connectivity index (χ1) is 10.4. The van der Waals surface area contributed by atoms with Crippen LogP contribution in [0.5, 0.6) is 0 Å². The van der Waals surface area contributed by atoms with Gasteiger partial charge in [0, 0.05) is 5.33 Å². The zero-order chi connectivity index (χ0) is 16.3. The van der Waals surface area contributed by atoms with Gasteiger partial charge in [-0.25, -0.2) is 4.79 Å². The number of hydrogen-bond donors (Lipinski definition) is 0. The molecule has 0 radical (unpaired) electrons. The van der Waals surface area contributed by atoms with Gasteiger partial charge < -0.3 is 4.74 Å². The normalized spacial score (nSPS) is 11.3. The summed E-state index contributed by atoms with van der Waals surface area (Å²) in [6.45, 7) is 0. The van der Waals surface area contributed by atoms with Crippen molar-refractivity contribution < 1.29 is 22.7 Å². The van der Waals surface area contributed by atoms with Crippen molar-refractivity contribution in [2.75, 3.05) is 7.11 Å². The molecular formula is C16H12BrF3O2. The van der Waals surface area contributed by atoms with Gasteiger partial charge in [0.25, 0.3) is 0 Å². The molecule has 0 heterocycles. The molecular weight excluding hydrogens is 361 g/mol. The fourth-order valence-corrected chi connectivity index (χ4v) is 2.60. The van der Waals surface area contributed by atoms with Crippen molar-refractivity contribution >= 4 is 21.9 Å². The van der Waals surface area contributed by atoms with E-state index >= 15 is 0 Å². The topological polar surface area (TPSA) is 26.3 Å². The molecule has 116 valence electrons. The summed E-state index contributed by atoms with van der Waals surface area (Å²) >= 11 is 3.29. The molecule has 0 unspecified atom stereocenters. The van der Waals surface area contributed by atoms with E-state index in [1.807, 2.05) is 0 Å². The first-order valence-electron chi connectivity index (χ1n) is 6.32. The molecule has 6 heteroatoms. The average molecular weight is 373 g/mol. The van der Waals surface area contributed by atoms with Crippen molar-refractivity contribution in [1.82, 2.24) is 0 Å². The zero-order valence-electron chi connectivity index (χ0n) is 11.6. The van der Waals surface area contributed by atoms with Crippen LogP contribution in [0.4, 0.5) is 13.2 Å². The first kappa shape index (κ1) is 16.5. The van der Waals surface area contributed by atoms with Gasteiger partial charge in [-0.3, -0.25) is 0 Å². The van der Waals surface area contributed by atoms with Gasteiger partial charge in [-0.2, -0.15) is 13.2 Å². The molecule has 0 atom stereocenters. The van der Waals surface area contributed by atoms with Gasteiger partial charge in [0.05, 0.1) is 18.2 Å². The summed E-state index contributed by atoms with van der Waals surface area (Å²) in [6.07, 6.45) is -4.39. The number of hydrogen-bond acceptors (Lipinski definition) is 2. The maximum Gasteiger partial charge on any atom is 0.416 e. The molecule has 0 spiro atoms.